The first-order chi connectivity index (χ1) is 7.74. The van der Waals surface area contributed by atoms with E-state index < -0.39 is 5.69 Å². The van der Waals surface area contributed by atoms with Crippen molar-refractivity contribution in [1.29, 1.82) is 0 Å². The summed E-state index contributed by atoms with van der Waals surface area (Å²) in [6, 6.07) is 5.27. The molecule has 0 unspecified atom stereocenters. The van der Waals surface area contributed by atoms with E-state index in [1.54, 1.807) is 18.2 Å². The van der Waals surface area contributed by atoms with Gasteiger partial charge in [0.15, 0.2) is 0 Å². The number of rotatable bonds is 3. The fraction of sp³-hybridized carbons (Fsp3) is 0.125. The molecule has 2 radical (unpaired) electrons. The zero-order chi connectivity index (χ0) is 11.5. The molecular weight excluding hydrogens is 322 g/mol. The van der Waals surface area contributed by atoms with Crippen molar-refractivity contribution in [3.8, 4) is 11.4 Å². The molecule has 0 amide bonds. The normalized spacial score (nSPS) is 10.3. The number of ether oxygens (including phenoxy) is 1. The minimum atomic E-state index is -0.400. The number of benzene rings is 1. The molecule has 0 spiro atoms. The van der Waals surface area contributed by atoms with Gasteiger partial charge < -0.3 is 4.74 Å². The highest BCUT2D eigenvalue weighted by atomic mass is 127. The van der Waals surface area contributed by atoms with Crippen LogP contribution in [-0.4, -0.2) is 34.6 Å². The van der Waals surface area contributed by atoms with Crippen LogP contribution in [0.1, 0.15) is 0 Å². The summed E-state index contributed by atoms with van der Waals surface area (Å²) < 4.78 is 7.12. The van der Waals surface area contributed by atoms with E-state index in [0.717, 1.165) is 8.25 Å². The monoisotopic (exact) mass is 328 g/mol. The van der Waals surface area contributed by atoms with Crippen LogP contribution in [0, 0.1) is 3.57 Å². The van der Waals surface area contributed by atoms with Gasteiger partial charge in [-0.1, -0.05) is 6.07 Å². The van der Waals surface area contributed by atoms with Crippen LogP contribution >= 0.6 is 22.6 Å². The van der Waals surface area contributed by atoms with Gasteiger partial charge in [0.2, 0.25) is 0 Å². The Morgan fingerprint density at radius 3 is 3.00 bits per heavy atom. The summed E-state index contributed by atoms with van der Waals surface area (Å²) in [6.07, 6.45) is 0. The summed E-state index contributed by atoms with van der Waals surface area (Å²) >= 11 is 2.06. The first-order valence-electron chi connectivity index (χ1n) is 4.36. The topological polar surface area (TPSA) is 72.8 Å². The molecule has 1 heterocycles. The predicted molar refractivity (Wildman–Crippen MR) is 65.9 cm³/mol. The summed E-state index contributed by atoms with van der Waals surface area (Å²) in [7, 11) is 5.30. The van der Waals surface area contributed by atoms with E-state index in [1.807, 2.05) is 0 Å². The average Bonchev–Trinajstić information content (AvgIpc) is 2.68. The molecule has 0 saturated heterocycles. The quantitative estimate of drug-likeness (QED) is 0.639. The van der Waals surface area contributed by atoms with E-state index in [-0.39, 0.29) is 6.51 Å². The Hall–Kier alpha value is -1.32. The Bertz CT molecular complexity index is 553. The Balaban J connectivity index is 2.54. The van der Waals surface area contributed by atoms with Gasteiger partial charge in [0, 0.05) is 6.51 Å². The van der Waals surface area contributed by atoms with Crippen LogP contribution in [0.25, 0.3) is 5.69 Å². The standard InChI is InChI=1S/C8H6BIN4O2/c9-4-16-6-3-1-2-5(7(6)10)14-8(15)11-12-13-14/h1-3H,4H2,(H,11,13,15). The van der Waals surface area contributed by atoms with Gasteiger partial charge in [-0.05, 0) is 45.2 Å². The van der Waals surface area contributed by atoms with Crippen molar-refractivity contribution >= 4 is 30.4 Å². The first kappa shape index (κ1) is 11.2. The molecule has 1 aromatic heterocycles. The molecule has 0 fully saturated rings. The molecule has 0 aliphatic carbocycles. The number of hydrogen-bond acceptors (Lipinski definition) is 4. The number of halogens is 1. The van der Waals surface area contributed by atoms with Gasteiger partial charge in [0.05, 0.1) is 9.26 Å². The Labute approximate surface area is 106 Å². The van der Waals surface area contributed by atoms with Crippen LogP contribution in [0.3, 0.4) is 0 Å². The molecule has 0 bridgehead atoms. The smallest absolute Gasteiger partial charge is 0.365 e. The molecule has 80 valence electrons. The average molecular weight is 328 g/mol. The highest BCUT2D eigenvalue weighted by Crippen LogP contribution is 2.25. The zero-order valence-corrected chi connectivity index (χ0v) is 10.2. The van der Waals surface area contributed by atoms with Crippen molar-refractivity contribution in [3.63, 3.8) is 0 Å². The van der Waals surface area contributed by atoms with Gasteiger partial charge in [0.1, 0.15) is 13.6 Å². The molecule has 2 rings (SSSR count). The first-order valence-corrected chi connectivity index (χ1v) is 5.44. The van der Waals surface area contributed by atoms with Crippen molar-refractivity contribution in [2.75, 3.05) is 6.51 Å². The van der Waals surface area contributed by atoms with Crippen molar-refractivity contribution in [3.05, 3.63) is 32.3 Å². The van der Waals surface area contributed by atoms with Gasteiger partial charge in [-0.3, -0.25) is 0 Å². The van der Waals surface area contributed by atoms with Gasteiger partial charge in [-0.25, -0.2) is 9.89 Å². The minimum absolute atomic E-state index is 0.0766. The third-order valence-corrected chi connectivity index (χ3v) is 2.97. The summed E-state index contributed by atoms with van der Waals surface area (Å²) in [5, 5.41) is 9.30. The van der Waals surface area contributed by atoms with Crippen molar-refractivity contribution in [1.82, 2.24) is 20.2 Å². The van der Waals surface area contributed by atoms with Gasteiger partial charge in [-0.2, -0.15) is 4.68 Å². The van der Waals surface area contributed by atoms with Crippen molar-refractivity contribution in [2.24, 2.45) is 0 Å². The van der Waals surface area contributed by atoms with Crippen LogP contribution in [0.5, 0.6) is 5.75 Å². The number of hydrogen-bond donors (Lipinski definition) is 1. The van der Waals surface area contributed by atoms with E-state index >= 15 is 0 Å². The molecule has 6 nitrogen and oxygen atoms in total. The van der Waals surface area contributed by atoms with Gasteiger partial charge in [-0.15, -0.1) is 0 Å². The van der Waals surface area contributed by atoms with Gasteiger partial charge in [0.25, 0.3) is 0 Å². The molecule has 1 aromatic carbocycles. The lowest BCUT2D eigenvalue weighted by atomic mass is 10.2. The highest BCUT2D eigenvalue weighted by Gasteiger charge is 2.11. The molecule has 0 saturated carbocycles. The highest BCUT2D eigenvalue weighted by molar-refractivity contribution is 14.1. The minimum Gasteiger partial charge on any atom is -0.502 e. The Kier molecular flexibility index (Phi) is 3.27. The van der Waals surface area contributed by atoms with Crippen LogP contribution in [0.15, 0.2) is 23.0 Å². The molecule has 0 atom stereocenters. The Morgan fingerprint density at radius 1 is 1.56 bits per heavy atom. The largest absolute Gasteiger partial charge is 0.502 e. The van der Waals surface area contributed by atoms with E-state index in [2.05, 4.69) is 38.1 Å². The molecule has 8 heteroatoms. The van der Waals surface area contributed by atoms with E-state index in [0.29, 0.717) is 11.4 Å². The lowest BCUT2D eigenvalue weighted by Crippen LogP contribution is -2.17. The van der Waals surface area contributed by atoms with Crippen LogP contribution in [-0.2, 0) is 0 Å². The third-order valence-electron chi connectivity index (χ3n) is 1.88. The van der Waals surface area contributed by atoms with Gasteiger partial charge >= 0.3 is 5.69 Å². The van der Waals surface area contributed by atoms with E-state index in [9.17, 15) is 4.79 Å². The molecule has 2 aromatic rings. The summed E-state index contributed by atoms with van der Waals surface area (Å²) in [5.41, 5.74) is 0.202. The maximum Gasteiger partial charge on any atom is 0.365 e. The SMILES string of the molecule is [B]COc1cccc(-n2nn[nH]c2=O)c1I. The van der Waals surface area contributed by atoms with E-state index in [1.165, 1.54) is 0 Å². The number of nitrogens with zero attached hydrogens (tertiary/aromatic N) is 3. The lowest BCUT2D eigenvalue weighted by Gasteiger charge is -2.08. The van der Waals surface area contributed by atoms with Crippen LogP contribution in [0.2, 0.25) is 0 Å². The molecule has 16 heavy (non-hydrogen) atoms. The number of tetrazole rings is 1. The van der Waals surface area contributed by atoms with Crippen LogP contribution < -0.4 is 10.4 Å². The van der Waals surface area contributed by atoms with Crippen molar-refractivity contribution < 1.29 is 4.74 Å². The second-order valence-electron chi connectivity index (χ2n) is 2.82. The van der Waals surface area contributed by atoms with E-state index in [4.69, 9.17) is 12.6 Å². The molecule has 1 N–H and O–H groups in total. The molecule has 0 aliphatic heterocycles. The fourth-order valence-electron chi connectivity index (χ4n) is 1.22. The Morgan fingerprint density at radius 2 is 2.38 bits per heavy atom. The molecular formula is C8H6BIN4O2. The summed E-state index contributed by atoms with van der Waals surface area (Å²) in [4.78, 5) is 11.4. The maximum atomic E-state index is 11.4. The van der Waals surface area contributed by atoms with Crippen LogP contribution in [0.4, 0.5) is 0 Å². The number of aromatic amines is 1. The fourth-order valence-corrected chi connectivity index (χ4v) is 1.96. The lowest BCUT2D eigenvalue weighted by molar-refractivity contribution is 0.384. The third kappa shape index (κ3) is 1.97. The maximum absolute atomic E-state index is 11.4. The second-order valence-corrected chi connectivity index (χ2v) is 3.90. The number of H-pyrrole nitrogens is 1. The summed E-state index contributed by atoms with van der Waals surface area (Å²) in [5.74, 6) is 0.607. The van der Waals surface area contributed by atoms with Crippen molar-refractivity contribution in [2.45, 2.75) is 0 Å². The zero-order valence-electron chi connectivity index (χ0n) is 8.05. The second kappa shape index (κ2) is 4.68. The number of aromatic nitrogens is 4. The summed E-state index contributed by atoms with van der Waals surface area (Å²) in [6.45, 7) is 0.0766. The number of nitrogens with one attached hydrogen (secondary N) is 1. The predicted octanol–water partition coefficient (Wildman–Crippen LogP) is 0.0650. The molecule has 0 aliphatic rings.